The summed E-state index contributed by atoms with van der Waals surface area (Å²) in [4.78, 5) is 0. The van der Waals surface area contributed by atoms with Crippen molar-refractivity contribution in [2.75, 3.05) is 11.5 Å². The van der Waals surface area contributed by atoms with Crippen LogP contribution in [0.15, 0.2) is 60.7 Å². The molecule has 2 heteroatoms. The van der Waals surface area contributed by atoms with E-state index < -0.39 is 0 Å². The van der Waals surface area contributed by atoms with Crippen molar-refractivity contribution in [2.24, 2.45) is 0 Å². The number of anilines is 2. The molecule has 0 heterocycles. The quantitative estimate of drug-likeness (QED) is 0.564. The first-order chi connectivity index (χ1) is 9.77. The van der Waals surface area contributed by atoms with Crippen LogP contribution in [0.3, 0.4) is 0 Å². The highest BCUT2D eigenvalue weighted by Gasteiger charge is 1.90. The molecule has 2 nitrogen and oxygen atoms in total. The van der Waals surface area contributed by atoms with Crippen molar-refractivity contribution in [1.29, 1.82) is 0 Å². The van der Waals surface area contributed by atoms with Crippen LogP contribution in [-0.2, 0) is 0 Å². The minimum Gasteiger partial charge on any atom is -0.398 e. The molecule has 0 atom stereocenters. The predicted octanol–water partition coefficient (Wildman–Crippen LogP) is 2.81. The monoisotopic (exact) mass is 258 g/mol. The summed E-state index contributed by atoms with van der Waals surface area (Å²) in [7, 11) is 0. The fourth-order valence-corrected chi connectivity index (χ4v) is 1.54. The molecule has 2 aromatic carbocycles. The lowest BCUT2D eigenvalue weighted by molar-refractivity contribution is 1.63. The van der Waals surface area contributed by atoms with Gasteiger partial charge in [0.15, 0.2) is 0 Å². The van der Waals surface area contributed by atoms with Crippen molar-refractivity contribution in [3.05, 3.63) is 71.8 Å². The van der Waals surface area contributed by atoms with Gasteiger partial charge in [0.25, 0.3) is 0 Å². The van der Waals surface area contributed by atoms with E-state index in [1.165, 1.54) is 0 Å². The predicted molar refractivity (Wildman–Crippen MR) is 84.6 cm³/mol. The fourth-order valence-electron chi connectivity index (χ4n) is 1.54. The Kier molecular flexibility index (Phi) is 4.49. The molecule has 2 aromatic rings. The highest BCUT2D eigenvalue weighted by Crippen LogP contribution is 2.08. The molecule has 0 aliphatic rings. The largest absolute Gasteiger partial charge is 0.398 e. The van der Waals surface area contributed by atoms with Gasteiger partial charge in [-0.2, -0.15) is 0 Å². The first kappa shape index (κ1) is 13.3. The van der Waals surface area contributed by atoms with Gasteiger partial charge in [0.2, 0.25) is 0 Å². The first-order valence-corrected chi connectivity index (χ1v) is 6.14. The van der Waals surface area contributed by atoms with E-state index in [1.807, 2.05) is 48.5 Å². The molecule has 0 amide bonds. The standard InChI is InChI=1S/C18H14N2/c19-17-13-7-5-11-15(17)9-3-1-2-4-10-16-12-6-8-14-18(16)20/h1-2,5-8,11-14H,19-20H2. The molecule has 0 unspecified atom stereocenters. The van der Waals surface area contributed by atoms with Crippen LogP contribution in [0.5, 0.6) is 0 Å². The number of hydrogen-bond acceptors (Lipinski definition) is 2. The van der Waals surface area contributed by atoms with Gasteiger partial charge in [-0.15, -0.1) is 0 Å². The van der Waals surface area contributed by atoms with Gasteiger partial charge in [-0.1, -0.05) is 47.9 Å². The van der Waals surface area contributed by atoms with E-state index in [0.717, 1.165) is 11.1 Å². The summed E-state index contributed by atoms with van der Waals surface area (Å²) in [6.45, 7) is 0. The topological polar surface area (TPSA) is 52.0 Å². The zero-order chi connectivity index (χ0) is 14.2. The zero-order valence-electron chi connectivity index (χ0n) is 10.9. The lowest BCUT2D eigenvalue weighted by atomic mass is 10.2. The lowest BCUT2D eigenvalue weighted by Gasteiger charge is -1.94. The van der Waals surface area contributed by atoms with Gasteiger partial charge in [0, 0.05) is 22.5 Å². The molecule has 0 fully saturated rings. The van der Waals surface area contributed by atoms with E-state index >= 15 is 0 Å². The molecule has 0 saturated carbocycles. The molecule has 96 valence electrons. The summed E-state index contributed by atoms with van der Waals surface area (Å²) in [5.41, 5.74) is 14.6. The van der Waals surface area contributed by atoms with Crippen LogP contribution in [0.2, 0.25) is 0 Å². The Hall–Kier alpha value is -3.10. The molecule has 0 aliphatic heterocycles. The maximum absolute atomic E-state index is 5.79. The Bertz CT molecular complexity index is 684. The Balaban J connectivity index is 2.03. The smallest absolute Gasteiger partial charge is 0.0478 e. The molecule has 2 rings (SSSR count). The maximum atomic E-state index is 5.79. The number of para-hydroxylation sites is 2. The Morgan fingerprint density at radius 3 is 1.45 bits per heavy atom. The van der Waals surface area contributed by atoms with E-state index in [2.05, 4.69) is 23.7 Å². The Morgan fingerprint density at radius 1 is 0.650 bits per heavy atom. The van der Waals surface area contributed by atoms with Crippen LogP contribution in [-0.4, -0.2) is 0 Å². The van der Waals surface area contributed by atoms with Crippen molar-refractivity contribution >= 4 is 11.4 Å². The summed E-state index contributed by atoms with van der Waals surface area (Å²) in [5, 5.41) is 0. The average molecular weight is 258 g/mol. The third kappa shape index (κ3) is 3.70. The van der Waals surface area contributed by atoms with E-state index in [0.29, 0.717) is 11.4 Å². The number of nitrogen functional groups attached to an aromatic ring is 2. The summed E-state index contributed by atoms with van der Waals surface area (Å²) in [6, 6.07) is 15.0. The van der Waals surface area contributed by atoms with Gasteiger partial charge in [0.05, 0.1) is 0 Å². The van der Waals surface area contributed by atoms with Crippen molar-refractivity contribution < 1.29 is 0 Å². The number of allylic oxidation sites excluding steroid dienone is 2. The molecule has 0 saturated heterocycles. The lowest BCUT2D eigenvalue weighted by Crippen LogP contribution is -1.88. The SMILES string of the molecule is Nc1ccccc1C#CC=CC#Cc1ccccc1N. The molecule has 4 N–H and O–H groups in total. The molecule has 0 bridgehead atoms. The average Bonchev–Trinajstić information content (AvgIpc) is 2.46. The van der Waals surface area contributed by atoms with E-state index in [9.17, 15) is 0 Å². The first-order valence-electron chi connectivity index (χ1n) is 6.14. The molecule has 0 spiro atoms. The summed E-state index contributed by atoms with van der Waals surface area (Å²) in [6.07, 6.45) is 3.39. The van der Waals surface area contributed by atoms with Gasteiger partial charge >= 0.3 is 0 Å². The Labute approximate surface area is 119 Å². The molecular weight excluding hydrogens is 244 g/mol. The summed E-state index contributed by atoms with van der Waals surface area (Å²) >= 11 is 0. The molecular formula is C18H14N2. The van der Waals surface area contributed by atoms with Gasteiger partial charge in [0.1, 0.15) is 0 Å². The van der Waals surface area contributed by atoms with Crippen LogP contribution in [0.25, 0.3) is 0 Å². The van der Waals surface area contributed by atoms with Crippen molar-refractivity contribution in [1.82, 2.24) is 0 Å². The molecule has 20 heavy (non-hydrogen) atoms. The highest BCUT2D eigenvalue weighted by molar-refractivity contribution is 5.57. The van der Waals surface area contributed by atoms with E-state index in [4.69, 9.17) is 11.5 Å². The third-order valence-corrected chi connectivity index (χ3v) is 2.59. The number of nitrogens with two attached hydrogens (primary N) is 2. The van der Waals surface area contributed by atoms with Crippen LogP contribution in [0.1, 0.15) is 11.1 Å². The second-order valence-corrected chi connectivity index (χ2v) is 4.05. The molecule has 0 aliphatic carbocycles. The van der Waals surface area contributed by atoms with E-state index in [1.54, 1.807) is 12.2 Å². The normalized spacial score (nSPS) is 9.40. The minimum absolute atomic E-state index is 0.677. The van der Waals surface area contributed by atoms with Crippen LogP contribution < -0.4 is 11.5 Å². The third-order valence-electron chi connectivity index (χ3n) is 2.59. The maximum Gasteiger partial charge on any atom is 0.0478 e. The van der Waals surface area contributed by atoms with Crippen molar-refractivity contribution in [2.45, 2.75) is 0 Å². The molecule has 0 radical (unpaired) electrons. The highest BCUT2D eigenvalue weighted by atomic mass is 14.6. The number of hydrogen-bond donors (Lipinski definition) is 2. The Morgan fingerprint density at radius 2 is 1.05 bits per heavy atom. The fraction of sp³-hybridized carbons (Fsp3) is 0. The summed E-state index contributed by atoms with van der Waals surface area (Å²) < 4.78 is 0. The van der Waals surface area contributed by atoms with Crippen molar-refractivity contribution in [3.8, 4) is 23.7 Å². The second kappa shape index (κ2) is 6.73. The van der Waals surface area contributed by atoms with Crippen LogP contribution >= 0.6 is 0 Å². The zero-order valence-corrected chi connectivity index (χ0v) is 10.9. The van der Waals surface area contributed by atoms with Gasteiger partial charge in [-0.05, 0) is 36.4 Å². The van der Waals surface area contributed by atoms with Crippen molar-refractivity contribution in [3.63, 3.8) is 0 Å². The minimum atomic E-state index is 0.677. The second-order valence-electron chi connectivity index (χ2n) is 4.05. The van der Waals surface area contributed by atoms with Crippen LogP contribution in [0.4, 0.5) is 11.4 Å². The summed E-state index contributed by atoms with van der Waals surface area (Å²) in [5.74, 6) is 11.7. The molecule has 0 aromatic heterocycles. The van der Waals surface area contributed by atoms with Gasteiger partial charge in [-0.25, -0.2) is 0 Å². The van der Waals surface area contributed by atoms with Gasteiger partial charge < -0.3 is 11.5 Å². The number of benzene rings is 2. The van der Waals surface area contributed by atoms with Crippen LogP contribution in [0, 0.1) is 23.7 Å². The van der Waals surface area contributed by atoms with Gasteiger partial charge in [-0.3, -0.25) is 0 Å². The number of rotatable bonds is 0. The van der Waals surface area contributed by atoms with E-state index in [-0.39, 0.29) is 0 Å².